The molecule has 1 amide bonds. The fraction of sp³-hybridized carbons (Fsp3) is 0.120. The number of aromatic nitrogens is 1. The lowest BCUT2D eigenvalue weighted by molar-refractivity contribution is 0.102. The Morgan fingerprint density at radius 2 is 1.81 bits per heavy atom. The topological polar surface area (TPSA) is 60.5 Å². The van der Waals surface area contributed by atoms with Gasteiger partial charge in [0.05, 0.1) is 36.7 Å². The van der Waals surface area contributed by atoms with Gasteiger partial charge in [-0.05, 0) is 43.3 Å². The van der Waals surface area contributed by atoms with Gasteiger partial charge in [-0.1, -0.05) is 29.8 Å². The van der Waals surface area contributed by atoms with Crippen molar-refractivity contribution in [1.82, 2.24) is 4.98 Å². The number of carbonyl (C=O) groups is 1. The van der Waals surface area contributed by atoms with Gasteiger partial charge in [-0.2, -0.15) is 0 Å². The van der Waals surface area contributed by atoms with Crippen LogP contribution in [0.15, 0.2) is 60.7 Å². The summed E-state index contributed by atoms with van der Waals surface area (Å²) in [7, 11) is 3.04. The lowest BCUT2D eigenvalue weighted by Crippen LogP contribution is -2.17. The Morgan fingerprint density at radius 1 is 1.03 bits per heavy atom. The van der Waals surface area contributed by atoms with Crippen LogP contribution in [0.5, 0.6) is 11.5 Å². The van der Waals surface area contributed by atoms with Crippen molar-refractivity contribution in [2.45, 2.75) is 6.92 Å². The summed E-state index contributed by atoms with van der Waals surface area (Å²) in [6.45, 7) is 1.72. The van der Waals surface area contributed by atoms with Gasteiger partial charge in [-0.3, -0.25) is 9.78 Å². The number of hydrogen-bond acceptors (Lipinski definition) is 4. The summed E-state index contributed by atoms with van der Waals surface area (Å²) in [4.78, 5) is 18.1. The number of hydrogen-bond donors (Lipinski definition) is 1. The van der Waals surface area contributed by atoms with E-state index < -0.39 is 11.7 Å². The molecule has 0 aliphatic rings. The first kappa shape index (κ1) is 21.6. The van der Waals surface area contributed by atoms with E-state index in [0.29, 0.717) is 44.4 Å². The summed E-state index contributed by atoms with van der Waals surface area (Å²) >= 11 is 6.24. The molecule has 1 heterocycles. The summed E-state index contributed by atoms with van der Waals surface area (Å²) in [5.74, 6) is 0.124. The number of aryl methyl sites for hydroxylation is 1. The van der Waals surface area contributed by atoms with Crippen molar-refractivity contribution in [2.75, 3.05) is 19.5 Å². The summed E-state index contributed by atoms with van der Waals surface area (Å²) < 4.78 is 25.5. The van der Waals surface area contributed by atoms with E-state index >= 15 is 0 Å². The molecule has 0 fully saturated rings. The average Bonchev–Trinajstić information content (AvgIpc) is 2.79. The van der Waals surface area contributed by atoms with Crippen LogP contribution in [-0.2, 0) is 0 Å². The maximum Gasteiger partial charge on any atom is 0.258 e. The van der Waals surface area contributed by atoms with Gasteiger partial charge in [0, 0.05) is 27.6 Å². The Morgan fingerprint density at radius 3 is 2.53 bits per heavy atom. The minimum Gasteiger partial charge on any atom is -0.497 e. The minimum absolute atomic E-state index is 0.253. The van der Waals surface area contributed by atoms with Crippen molar-refractivity contribution in [3.8, 4) is 22.6 Å². The monoisotopic (exact) mass is 450 g/mol. The molecule has 0 unspecified atom stereocenters. The van der Waals surface area contributed by atoms with Gasteiger partial charge in [0.1, 0.15) is 17.3 Å². The highest BCUT2D eigenvalue weighted by Gasteiger charge is 2.23. The van der Waals surface area contributed by atoms with Crippen LogP contribution in [0.2, 0.25) is 5.02 Å². The highest BCUT2D eigenvalue weighted by molar-refractivity contribution is 6.31. The number of pyridine rings is 1. The fourth-order valence-electron chi connectivity index (χ4n) is 3.67. The zero-order valence-electron chi connectivity index (χ0n) is 17.7. The fourth-order valence-corrected chi connectivity index (χ4v) is 3.84. The molecule has 3 aromatic carbocycles. The lowest BCUT2D eigenvalue weighted by Gasteiger charge is -2.17. The van der Waals surface area contributed by atoms with Crippen molar-refractivity contribution in [3.05, 3.63) is 82.8 Å². The molecule has 0 saturated carbocycles. The van der Waals surface area contributed by atoms with Crippen LogP contribution in [0.1, 0.15) is 16.1 Å². The molecule has 0 atom stereocenters. The van der Waals surface area contributed by atoms with Gasteiger partial charge in [0.25, 0.3) is 5.91 Å². The van der Waals surface area contributed by atoms with Crippen LogP contribution in [0.4, 0.5) is 10.1 Å². The van der Waals surface area contributed by atoms with E-state index in [9.17, 15) is 9.18 Å². The van der Waals surface area contributed by atoms with Crippen molar-refractivity contribution in [1.29, 1.82) is 0 Å². The van der Waals surface area contributed by atoms with E-state index in [1.54, 1.807) is 68.6 Å². The van der Waals surface area contributed by atoms with Gasteiger partial charge >= 0.3 is 0 Å². The Hall–Kier alpha value is -3.64. The smallest absolute Gasteiger partial charge is 0.258 e. The molecule has 4 rings (SSSR count). The second kappa shape index (κ2) is 8.85. The average molecular weight is 451 g/mol. The van der Waals surface area contributed by atoms with E-state index in [1.807, 2.05) is 0 Å². The molecular weight excluding hydrogens is 431 g/mol. The normalized spacial score (nSPS) is 10.8. The van der Waals surface area contributed by atoms with Crippen LogP contribution in [0, 0.1) is 12.7 Å². The van der Waals surface area contributed by atoms with Crippen molar-refractivity contribution >= 4 is 34.1 Å². The first-order valence-corrected chi connectivity index (χ1v) is 10.2. The van der Waals surface area contributed by atoms with Crippen LogP contribution >= 0.6 is 11.6 Å². The van der Waals surface area contributed by atoms with Crippen LogP contribution in [0.25, 0.3) is 22.0 Å². The third-order valence-corrected chi connectivity index (χ3v) is 5.39. The van der Waals surface area contributed by atoms with E-state index in [4.69, 9.17) is 21.1 Å². The lowest BCUT2D eigenvalue weighted by atomic mass is 9.93. The Balaban J connectivity index is 1.93. The highest BCUT2D eigenvalue weighted by Crippen LogP contribution is 2.37. The van der Waals surface area contributed by atoms with E-state index in [0.717, 1.165) is 0 Å². The molecule has 0 aliphatic carbocycles. The number of fused-ring (bicyclic) bond motifs is 1. The van der Waals surface area contributed by atoms with Crippen LogP contribution in [0.3, 0.4) is 0 Å². The van der Waals surface area contributed by atoms with Gasteiger partial charge < -0.3 is 14.8 Å². The summed E-state index contributed by atoms with van der Waals surface area (Å²) in [6.07, 6.45) is 0. The third-order valence-electron chi connectivity index (χ3n) is 5.16. The Bertz CT molecular complexity index is 1340. The van der Waals surface area contributed by atoms with E-state index in [2.05, 4.69) is 10.3 Å². The van der Waals surface area contributed by atoms with Gasteiger partial charge in [0.2, 0.25) is 0 Å². The molecule has 4 aromatic rings. The number of anilines is 1. The molecule has 162 valence electrons. The number of nitrogens with zero attached hydrogens (tertiary/aromatic N) is 1. The standard InChI is InChI=1S/C25H20ClFN2O3/c1-14-23(25(30)29-21-11-9-16(31-2)13-22(21)32-3)24(17-6-4-5-7-19(17)27)18-12-15(26)8-10-20(18)28-14/h4-13H,1-3H3,(H,29,30). The number of methoxy groups -OCH3 is 2. The molecule has 0 saturated heterocycles. The molecule has 0 aliphatic heterocycles. The number of carbonyl (C=O) groups excluding carboxylic acids is 1. The number of rotatable bonds is 5. The number of nitrogens with one attached hydrogen (secondary N) is 1. The molecule has 0 spiro atoms. The minimum atomic E-state index is -0.449. The molecule has 0 radical (unpaired) electrons. The first-order chi connectivity index (χ1) is 15.4. The largest absolute Gasteiger partial charge is 0.497 e. The number of amides is 1. The molecule has 0 bridgehead atoms. The Labute approximate surface area is 189 Å². The van der Waals surface area contributed by atoms with Crippen LogP contribution in [-0.4, -0.2) is 25.1 Å². The Kier molecular flexibility index (Phi) is 5.97. The SMILES string of the molecule is COc1ccc(NC(=O)c2c(C)nc3ccc(Cl)cc3c2-c2ccccc2F)c(OC)c1. The van der Waals surface area contributed by atoms with Crippen molar-refractivity contribution in [3.63, 3.8) is 0 Å². The van der Waals surface area contributed by atoms with Crippen molar-refractivity contribution in [2.24, 2.45) is 0 Å². The third kappa shape index (κ3) is 3.97. The quantitative estimate of drug-likeness (QED) is 0.389. The molecule has 1 aromatic heterocycles. The van der Waals surface area contributed by atoms with E-state index in [-0.39, 0.29) is 11.1 Å². The number of benzene rings is 3. The zero-order valence-corrected chi connectivity index (χ0v) is 18.5. The second-order valence-electron chi connectivity index (χ2n) is 7.11. The molecular formula is C25H20ClFN2O3. The van der Waals surface area contributed by atoms with E-state index in [1.165, 1.54) is 13.2 Å². The zero-order chi connectivity index (χ0) is 22.8. The van der Waals surface area contributed by atoms with Gasteiger partial charge in [0.15, 0.2) is 0 Å². The van der Waals surface area contributed by atoms with Crippen molar-refractivity contribution < 1.29 is 18.7 Å². The first-order valence-electron chi connectivity index (χ1n) is 9.81. The predicted molar refractivity (Wildman–Crippen MR) is 124 cm³/mol. The summed E-state index contributed by atoms with van der Waals surface area (Å²) in [5, 5.41) is 3.91. The van der Waals surface area contributed by atoms with Crippen LogP contribution < -0.4 is 14.8 Å². The predicted octanol–water partition coefficient (Wildman–Crippen LogP) is 6.27. The highest BCUT2D eigenvalue weighted by atomic mass is 35.5. The van der Waals surface area contributed by atoms with Gasteiger partial charge in [-0.15, -0.1) is 0 Å². The number of ether oxygens (including phenoxy) is 2. The maximum absolute atomic E-state index is 14.9. The maximum atomic E-state index is 14.9. The molecule has 7 heteroatoms. The molecule has 1 N–H and O–H groups in total. The molecule has 32 heavy (non-hydrogen) atoms. The number of halogens is 2. The summed E-state index contributed by atoms with van der Waals surface area (Å²) in [5.41, 5.74) is 2.49. The van der Waals surface area contributed by atoms with Gasteiger partial charge in [-0.25, -0.2) is 4.39 Å². The molecule has 5 nitrogen and oxygen atoms in total. The second-order valence-corrected chi connectivity index (χ2v) is 7.55. The summed E-state index contributed by atoms with van der Waals surface area (Å²) in [6, 6.07) is 16.5.